The summed E-state index contributed by atoms with van der Waals surface area (Å²) in [5, 5.41) is 3.51. The minimum atomic E-state index is 0.777. The van der Waals surface area contributed by atoms with Gasteiger partial charge < -0.3 is 15.1 Å². The number of nitrogens with zero attached hydrogens (tertiary/aromatic N) is 3. The Morgan fingerprint density at radius 3 is 2.60 bits per heavy atom. The summed E-state index contributed by atoms with van der Waals surface area (Å²) < 4.78 is 0. The van der Waals surface area contributed by atoms with E-state index < -0.39 is 0 Å². The number of benzene rings is 1. The Balaban J connectivity index is 1.60. The molecule has 1 N–H and O–H groups in total. The summed E-state index contributed by atoms with van der Waals surface area (Å²) in [6.07, 6.45) is 5.14. The van der Waals surface area contributed by atoms with E-state index in [1.54, 1.807) is 0 Å². The highest BCUT2D eigenvalue weighted by molar-refractivity contribution is 5.80. The summed E-state index contributed by atoms with van der Waals surface area (Å²) in [5.74, 6) is 1.89. The zero-order valence-corrected chi connectivity index (χ0v) is 16.0. The molecule has 0 radical (unpaired) electrons. The average Bonchev–Trinajstić information content (AvgIpc) is 3.31. The lowest BCUT2D eigenvalue weighted by molar-refractivity contribution is 0.281. The molecule has 1 aromatic carbocycles. The maximum atomic E-state index is 4.96. The summed E-state index contributed by atoms with van der Waals surface area (Å²) in [4.78, 5) is 10.1. The third-order valence-electron chi connectivity index (χ3n) is 5.53. The summed E-state index contributed by atoms with van der Waals surface area (Å²) >= 11 is 0. The molecule has 0 aromatic heterocycles. The smallest absolute Gasteiger partial charge is 0.194 e. The van der Waals surface area contributed by atoms with Crippen LogP contribution in [0, 0.1) is 5.92 Å². The van der Waals surface area contributed by atoms with Crippen molar-refractivity contribution in [3.63, 3.8) is 0 Å². The summed E-state index contributed by atoms with van der Waals surface area (Å²) in [5.41, 5.74) is 2.77. The van der Waals surface area contributed by atoms with E-state index in [4.69, 9.17) is 4.99 Å². The Hall–Kier alpha value is -1.55. The molecule has 138 valence electrons. The maximum absolute atomic E-state index is 4.96. The number of aliphatic imine (C=N–C) groups is 1. The fourth-order valence-electron chi connectivity index (χ4n) is 4.15. The molecular weight excluding hydrogens is 308 g/mol. The van der Waals surface area contributed by atoms with Gasteiger partial charge in [0.25, 0.3) is 0 Å². The van der Waals surface area contributed by atoms with Crippen molar-refractivity contribution in [2.45, 2.75) is 46.1 Å². The molecule has 2 aliphatic rings. The van der Waals surface area contributed by atoms with Gasteiger partial charge in [-0.3, -0.25) is 0 Å². The molecule has 2 aliphatic heterocycles. The average molecular weight is 343 g/mol. The number of likely N-dealkylation sites (tertiary alicyclic amines) is 2. The van der Waals surface area contributed by atoms with Gasteiger partial charge in [-0.05, 0) is 62.7 Å². The Bertz CT molecular complexity index is 563. The number of hydrogen-bond acceptors (Lipinski definition) is 2. The van der Waals surface area contributed by atoms with E-state index in [2.05, 4.69) is 53.2 Å². The van der Waals surface area contributed by atoms with E-state index in [0.717, 1.165) is 44.5 Å². The van der Waals surface area contributed by atoms with Gasteiger partial charge >= 0.3 is 0 Å². The van der Waals surface area contributed by atoms with Crippen LogP contribution in [0.3, 0.4) is 0 Å². The molecule has 0 amide bonds. The van der Waals surface area contributed by atoms with Gasteiger partial charge in [-0.1, -0.05) is 31.2 Å². The number of hydrogen-bond donors (Lipinski definition) is 1. The minimum absolute atomic E-state index is 0.777. The predicted molar refractivity (Wildman–Crippen MR) is 106 cm³/mol. The van der Waals surface area contributed by atoms with Crippen LogP contribution >= 0.6 is 0 Å². The molecule has 1 unspecified atom stereocenters. The van der Waals surface area contributed by atoms with Crippen LogP contribution < -0.4 is 5.32 Å². The molecule has 2 saturated heterocycles. The van der Waals surface area contributed by atoms with Gasteiger partial charge in [0, 0.05) is 26.2 Å². The zero-order chi connectivity index (χ0) is 17.5. The van der Waals surface area contributed by atoms with Crippen molar-refractivity contribution in [3.8, 4) is 0 Å². The molecule has 2 heterocycles. The second kappa shape index (κ2) is 9.23. The number of nitrogens with one attached hydrogen (secondary N) is 1. The monoisotopic (exact) mass is 342 g/mol. The van der Waals surface area contributed by atoms with Gasteiger partial charge in [0.05, 0.1) is 6.54 Å². The Morgan fingerprint density at radius 1 is 1.12 bits per heavy atom. The van der Waals surface area contributed by atoms with Crippen molar-refractivity contribution in [3.05, 3.63) is 35.4 Å². The minimum Gasteiger partial charge on any atom is -0.357 e. The summed E-state index contributed by atoms with van der Waals surface area (Å²) in [7, 11) is 0. The van der Waals surface area contributed by atoms with Gasteiger partial charge in [0.1, 0.15) is 0 Å². The Morgan fingerprint density at radius 2 is 1.88 bits per heavy atom. The van der Waals surface area contributed by atoms with Crippen molar-refractivity contribution in [2.75, 3.05) is 39.3 Å². The van der Waals surface area contributed by atoms with Crippen molar-refractivity contribution >= 4 is 5.96 Å². The van der Waals surface area contributed by atoms with Crippen molar-refractivity contribution < 1.29 is 0 Å². The zero-order valence-electron chi connectivity index (χ0n) is 16.0. The second-order valence-corrected chi connectivity index (χ2v) is 7.40. The summed E-state index contributed by atoms with van der Waals surface area (Å²) in [6, 6.07) is 8.69. The maximum Gasteiger partial charge on any atom is 0.194 e. The molecular formula is C21H34N4. The van der Waals surface area contributed by atoms with Gasteiger partial charge in [-0.15, -0.1) is 0 Å². The molecule has 0 aliphatic carbocycles. The van der Waals surface area contributed by atoms with Gasteiger partial charge in [0.2, 0.25) is 0 Å². The van der Waals surface area contributed by atoms with Crippen LogP contribution in [0.2, 0.25) is 0 Å². The van der Waals surface area contributed by atoms with Crippen LogP contribution in [0.4, 0.5) is 0 Å². The molecule has 4 nitrogen and oxygen atoms in total. The van der Waals surface area contributed by atoms with E-state index in [1.807, 2.05) is 0 Å². The third-order valence-corrected chi connectivity index (χ3v) is 5.53. The largest absolute Gasteiger partial charge is 0.357 e. The van der Waals surface area contributed by atoms with E-state index in [0.29, 0.717) is 0 Å². The first-order valence-corrected chi connectivity index (χ1v) is 10.1. The Kier molecular flexibility index (Phi) is 6.74. The molecule has 4 heteroatoms. The van der Waals surface area contributed by atoms with E-state index >= 15 is 0 Å². The number of guanidine groups is 1. The lowest BCUT2D eigenvalue weighted by Gasteiger charge is -2.23. The van der Waals surface area contributed by atoms with Crippen LogP contribution in [0.15, 0.2) is 29.3 Å². The number of rotatable bonds is 6. The molecule has 2 fully saturated rings. The standard InChI is InChI=1S/C21H34N4/c1-3-19-9-5-6-10-20(19)15-23-21(22-4-2)25-14-11-18(17-25)16-24-12-7-8-13-24/h5-6,9-10,18H,3-4,7-8,11-17H2,1-2H3,(H,22,23). The van der Waals surface area contributed by atoms with Crippen LogP contribution in [-0.4, -0.2) is 55.0 Å². The van der Waals surface area contributed by atoms with Crippen LogP contribution in [0.5, 0.6) is 0 Å². The quantitative estimate of drug-likeness (QED) is 0.636. The SMILES string of the molecule is CCNC(=NCc1ccccc1CC)N1CCC(CN2CCCC2)C1. The fraction of sp³-hybridized carbons (Fsp3) is 0.667. The lowest BCUT2D eigenvalue weighted by atomic mass is 10.1. The van der Waals surface area contributed by atoms with E-state index in [1.165, 1.54) is 50.0 Å². The molecule has 25 heavy (non-hydrogen) atoms. The molecule has 0 saturated carbocycles. The van der Waals surface area contributed by atoms with E-state index in [9.17, 15) is 0 Å². The van der Waals surface area contributed by atoms with Gasteiger partial charge in [0.15, 0.2) is 5.96 Å². The Labute approximate surface area is 153 Å². The molecule has 1 atom stereocenters. The van der Waals surface area contributed by atoms with Gasteiger partial charge in [-0.25, -0.2) is 4.99 Å². The van der Waals surface area contributed by atoms with Crippen molar-refractivity contribution in [2.24, 2.45) is 10.9 Å². The number of aryl methyl sites for hydroxylation is 1. The predicted octanol–water partition coefficient (Wildman–Crippen LogP) is 3.13. The molecule has 0 bridgehead atoms. The second-order valence-electron chi connectivity index (χ2n) is 7.40. The molecule has 1 aromatic rings. The highest BCUT2D eigenvalue weighted by atomic mass is 15.3. The first-order chi connectivity index (χ1) is 12.3. The third kappa shape index (κ3) is 4.97. The highest BCUT2D eigenvalue weighted by Crippen LogP contribution is 2.20. The summed E-state index contributed by atoms with van der Waals surface area (Å²) in [6.45, 7) is 12.3. The van der Waals surface area contributed by atoms with Gasteiger partial charge in [-0.2, -0.15) is 0 Å². The first-order valence-electron chi connectivity index (χ1n) is 10.1. The van der Waals surface area contributed by atoms with E-state index in [-0.39, 0.29) is 0 Å². The molecule has 3 rings (SSSR count). The topological polar surface area (TPSA) is 30.9 Å². The van der Waals surface area contributed by atoms with Crippen molar-refractivity contribution in [1.82, 2.24) is 15.1 Å². The molecule has 0 spiro atoms. The highest BCUT2D eigenvalue weighted by Gasteiger charge is 2.27. The van der Waals surface area contributed by atoms with Crippen LogP contribution in [0.25, 0.3) is 0 Å². The van der Waals surface area contributed by atoms with Crippen LogP contribution in [-0.2, 0) is 13.0 Å². The first kappa shape index (κ1) is 18.2. The normalized spacial score (nSPS) is 21.9. The van der Waals surface area contributed by atoms with Crippen molar-refractivity contribution in [1.29, 1.82) is 0 Å². The van der Waals surface area contributed by atoms with Crippen LogP contribution in [0.1, 0.15) is 44.2 Å². The fourth-order valence-corrected chi connectivity index (χ4v) is 4.15. The lowest BCUT2D eigenvalue weighted by Crippen LogP contribution is -2.40.